The predicted octanol–water partition coefficient (Wildman–Crippen LogP) is 1.27. The molecule has 0 radical (unpaired) electrons. The third-order valence-electron chi connectivity index (χ3n) is 3.88. The summed E-state index contributed by atoms with van der Waals surface area (Å²) in [6.45, 7) is 2.18. The van der Waals surface area contributed by atoms with Crippen LogP contribution in [0, 0.1) is 0 Å². The highest BCUT2D eigenvalue weighted by Crippen LogP contribution is 2.45. The molecule has 3 rings (SSSR count). The predicted molar refractivity (Wildman–Crippen MR) is 82.8 cm³/mol. The van der Waals surface area contributed by atoms with Gasteiger partial charge in [-0.1, -0.05) is 6.92 Å². The number of thioether (sulfide) groups is 1. The van der Waals surface area contributed by atoms with E-state index in [2.05, 4.69) is 0 Å². The van der Waals surface area contributed by atoms with Crippen LogP contribution in [0.5, 0.6) is 0 Å². The minimum Gasteiger partial charge on any atom is -0.351 e. The first-order valence-electron chi connectivity index (χ1n) is 6.61. The molecule has 1 fully saturated rings. The van der Waals surface area contributed by atoms with Crippen LogP contribution in [0.1, 0.15) is 6.92 Å². The zero-order valence-electron chi connectivity index (χ0n) is 12.0. The fourth-order valence-corrected chi connectivity index (χ4v) is 4.57. The topological polar surface area (TPSA) is 101 Å². The molecule has 1 aromatic carbocycles. The second-order valence-electron chi connectivity index (χ2n) is 5.39. The molecule has 2 aliphatic rings. The van der Waals surface area contributed by atoms with Gasteiger partial charge in [-0.15, -0.1) is 11.8 Å². The number of carbonyl (C=O) groups excluding carboxylic acids is 2. The zero-order valence-corrected chi connectivity index (χ0v) is 13.6. The van der Waals surface area contributed by atoms with Gasteiger partial charge in [0.15, 0.2) is 9.84 Å². The van der Waals surface area contributed by atoms with E-state index in [-0.39, 0.29) is 22.7 Å². The highest BCUT2D eigenvalue weighted by atomic mass is 32.2. The van der Waals surface area contributed by atoms with Crippen LogP contribution in [0.2, 0.25) is 0 Å². The Balaban J connectivity index is 2.13. The normalized spacial score (nSPS) is 24.2. The Bertz CT molecular complexity index is 777. The van der Waals surface area contributed by atoms with Crippen molar-refractivity contribution in [3.63, 3.8) is 0 Å². The fourth-order valence-electron chi connectivity index (χ4n) is 2.74. The number of sulfone groups is 1. The molecule has 1 aromatic rings. The molecule has 2 heterocycles. The second-order valence-corrected chi connectivity index (χ2v) is 8.83. The van der Waals surface area contributed by atoms with Gasteiger partial charge in [0.05, 0.1) is 23.2 Å². The fraction of sp³-hybridized carbons (Fsp3) is 0.385. The third-order valence-corrected chi connectivity index (χ3v) is 6.27. The van der Waals surface area contributed by atoms with Gasteiger partial charge in [0.25, 0.3) is 0 Å². The minimum atomic E-state index is -3.38. The Morgan fingerprint density at radius 3 is 2.68 bits per heavy atom. The molecule has 4 amide bonds. The lowest BCUT2D eigenvalue weighted by Gasteiger charge is -2.34. The van der Waals surface area contributed by atoms with Crippen molar-refractivity contribution in [2.24, 2.45) is 5.73 Å². The summed E-state index contributed by atoms with van der Waals surface area (Å²) in [5.41, 5.74) is 5.76. The number of anilines is 1. The lowest BCUT2D eigenvalue weighted by molar-refractivity contribution is 0.206. The Morgan fingerprint density at radius 2 is 2.09 bits per heavy atom. The lowest BCUT2D eigenvalue weighted by atomic mass is 10.1. The van der Waals surface area contributed by atoms with E-state index in [1.165, 1.54) is 17.0 Å². The van der Waals surface area contributed by atoms with Crippen LogP contribution in [0.25, 0.3) is 0 Å². The van der Waals surface area contributed by atoms with E-state index < -0.39 is 21.9 Å². The van der Waals surface area contributed by atoms with E-state index >= 15 is 0 Å². The largest absolute Gasteiger partial charge is 0.351 e. The summed E-state index contributed by atoms with van der Waals surface area (Å²) in [6.07, 6.45) is 1.12. The number of benzene rings is 1. The molecule has 0 saturated carbocycles. The molecule has 9 heteroatoms. The summed E-state index contributed by atoms with van der Waals surface area (Å²) >= 11 is 1.56. The Hall–Kier alpha value is -1.74. The summed E-state index contributed by atoms with van der Waals surface area (Å²) in [5.74, 6) is 0. The molecular formula is C13H15N3O4S2. The summed E-state index contributed by atoms with van der Waals surface area (Å²) < 4.78 is 23.5. The first kappa shape index (κ1) is 15.2. The number of rotatable bonds is 1. The molecule has 2 aliphatic heterocycles. The number of nitrogens with zero attached hydrogens (tertiary/aromatic N) is 2. The SMILES string of the molecule is CC1Sc2ccc(S(C)(=O)=O)cc2N2C(=O)N(C(N)=O)CC12. The molecule has 0 spiro atoms. The molecule has 0 aromatic heterocycles. The maximum Gasteiger partial charge on any atom is 0.333 e. The van der Waals surface area contributed by atoms with Crippen LogP contribution < -0.4 is 10.6 Å². The smallest absolute Gasteiger partial charge is 0.333 e. The van der Waals surface area contributed by atoms with E-state index in [0.29, 0.717) is 5.69 Å². The maximum absolute atomic E-state index is 12.4. The van der Waals surface area contributed by atoms with Gasteiger partial charge in [-0.3, -0.25) is 4.90 Å². The van der Waals surface area contributed by atoms with Crippen LogP contribution in [-0.4, -0.2) is 49.5 Å². The zero-order chi connectivity index (χ0) is 16.2. The van der Waals surface area contributed by atoms with Gasteiger partial charge in [0, 0.05) is 16.4 Å². The van der Waals surface area contributed by atoms with Crippen molar-refractivity contribution in [2.75, 3.05) is 17.7 Å². The molecule has 2 atom stereocenters. The molecule has 2 N–H and O–H groups in total. The van der Waals surface area contributed by atoms with Crippen LogP contribution in [-0.2, 0) is 9.84 Å². The average Bonchev–Trinajstić information content (AvgIpc) is 2.76. The number of amides is 4. The van der Waals surface area contributed by atoms with Crippen molar-refractivity contribution in [3.8, 4) is 0 Å². The maximum atomic E-state index is 12.4. The number of fused-ring (bicyclic) bond motifs is 3. The van der Waals surface area contributed by atoms with Gasteiger partial charge < -0.3 is 5.73 Å². The van der Waals surface area contributed by atoms with Crippen molar-refractivity contribution in [1.29, 1.82) is 0 Å². The number of urea groups is 2. The van der Waals surface area contributed by atoms with Gasteiger partial charge in [-0.2, -0.15) is 0 Å². The van der Waals surface area contributed by atoms with E-state index in [1.54, 1.807) is 17.8 Å². The van der Waals surface area contributed by atoms with Gasteiger partial charge in [0.2, 0.25) is 0 Å². The van der Waals surface area contributed by atoms with Gasteiger partial charge in [-0.25, -0.2) is 22.9 Å². The van der Waals surface area contributed by atoms with Crippen molar-refractivity contribution < 1.29 is 18.0 Å². The summed E-state index contributed by atoms with van der Waals surface area (Å²) in [6, 6.07) is 3.20. The summed E-state index contributed by atoms with van der Waals surface area (Å²) in [7, 11) is -3.38. The number of imide groups is 1. The number of hydrogen-bond donors (Lipinski definition) is 1. The molecule has 0 bridgehead atoms. The molecule has 0 aliphatic carbocycles. The Morgan fingerprint density at radius 1 is 1.41 bits per heavy atom. The average molecular weight is 341 g/mol. The van der Waals surface area contributed by atoms with Gasteiger partial charge >= 0.3 is 12.1 Å². The molecule has 2 unspecified atom stereocenters. The second kappa shape index (κ2) is 4.88. The van der Waals surface area contributed by atoms with E-state index in [0.717, 1.165) is 16.1 Å². The van der Waals surface area contributed by atoms with Gasteiger partial charge in [-0.05, 0) is 18.2 Å². The first-order valence-corrected chi connectivity index (χ1v) is 9.38. The Kier molecular flexibility index (Phi) is 3.37. The third kappa shape index (κ3) is 2.24. The molecule has 22 heavy (non-hydrogen) atoms. The van der Waals surface area contributed by atoms with Crippen LogP contribution in [0.4, 0.5) is 15.3 Å². The monoisotopic (exact) mass is 341 g/mol. The number of nitrogens with two attached hydrogens (primary N) is 1. The van der Waals surface area contributed by atoms with Crippen molar-refractivity contribution in [2.45, 2.75) is 28.0 Å². The summed E-state index contributed by atoms with van der Waals surface area (Å²) in [5, 5.41) is 0.0740. The minimum absolute atomic E-state index is 0.0740. The van der Waals surface area contributed by atoms with E-state index in [1.807, 2.05) is 6.92 Å². The number of primary amides is 1. The highest BCUT2D eigenvalue weighted by molar-refractivity contribution is 8.00. The van der Waals surface area contributed by atoms with Crippen LogP contribution in [0.3, 0.4) is 0 Å². The van der Waals surface area contributed by atoms with Crippen molar-refractivity contribution >= 4 is 39.3 Å². The lowest BCUT2D eigenvalue weighted by Crippen LogP contribution is -2.43. The van der Waals surface area contributed by atoms with E-state index in [4.69, 9.17) is 5.73 Å². The first-order chi connectivity index (χ1) is 10.2. The highest BCUT2D eigenvalue weighted by Gasteiger charge is 2.46. The Labute approximate surface area is 132 Å². The van der Waals surface area contributed by atoms with Gasteiger partial charge in [0.1, 0.15) is 0 Å². The van der Waals surface area contributed by atoms with Crippen LogP contribution >= 0.6 is 11.8 Å². The van der Waals surface area contributed by atoms with E-state index in [9.17, 15) is 18.0 Å². The summed E-state index contributed by atoms with van der Waals surface area (Å²) in [4.78, 5) is 27.3. The van der Waals surface area contributed by atoms with Crippen LogP contribution in [0.15, 0.2) is 28.0 Å². The van der Waals surface area contributed by atoms with Crippen molar-refractivity contribution in [1.82, 2.24) is 4.90 Å². The molecule has 1 saturated heterocycles. The molecular weight excluding hydrogens is 326 g/mol. The standard InChI is InChI=1S/C13H15N3O4S2/c1-7-10-6-15(12(14)17)13(18)16(10)9-5-8(22(2,19)20)3-4-11(9)21-7/h3-5,7,10H,6H2,1-2H3,(H2,14,17). The number of carbonyl (C=O) groups is 2. The number of hydrogen-bond acceptors (Lipinski definition) is 5. The molecule has 7 nitrogen and oxygen atoms in total. The quantitative estimate of drug-likeness (QED) is 0.829. The van der Waals surface area contributed by atoms with Crippen molar-refractivity contribution in [3.05, 3.63) is 18.2 Å². The molecule has 118 valence electrons.